The Balaban J connectivity index is 1.98. The van der Waals surface area contributed by atoms with E-state index in [1.807, 2.05) is 13.0 Å². The van der Waals surface area contributed by atoms with Crippen LogP contribution in [0.1, 0.15) is 12.5 Å². The van der Waals surface area contributed by atoms with Gasteiger partial charge in [-0.1, -0.05) is 30.3 Å². The van der Waals surface area contributed by atoms with Gasteiger partial charge in [-0.25, -0.2) is 0 Å². The Bertz CT molecular complexity index is 716. The van der Waals surface area contributed by atoms with E-state index in [0.717, 1.165) is 0 Å². The van der Waals surface area contributed by atoms with E-state index in [4.69, 9.17) is 15.2 Å². The Kier molecular flexibility index (Phi) is 6.19. The largest absolute Gasteiger partial charge is 0.490 e. The Morgan fingerprint density at radius 2 is 1.62 bits per heavy atom. The average Bonchev–Trinajstić information content (AvgIpc) is 2.56. The van der Waals surface area contributed by atoms with Crippen LogP contribution in [-0.2, 0) is 16.0 Å². The highest BCUT2D eigenvalue weighted by Crippen LogP contribution is 2.26. The quantitative estimate of drug-likeness (QED) is 0.776. The summed E-state index contributed by atoms with van der Waals surface area (Å²) in [4.78, 5) is 23.2. The van der Waals surface area contributed by atoms with Crippen LogP contribution in [0.4, 0.5) is 5.69 Å². The molecule has 0 aromatic heterocycles. The summed E-state index contributed by atoms with van der Waals surface area (Å²) in [5.41, 5.74) is 6.42. The molecule has 0 unspecified atom stereocenters. The fourth-order valence-corrected chi connectivity index (χ4v) is 2.16. The number of rotatable bonds is 8. The van der Waals surface area contributed by atoms with Gasteiger partial charge in [0.05, 0.1) is 13.0 Å². The van der Waals surface area contributed by atoms with Crippen LogP contribution < -0.4 is 20.5 Å². The maximum atomic E-state index is 12.1. The van der Waals surface area contributed by atoms with Crippen molar-refractivity contribution in [1.29, 1.82) is 0 Å². The van der Waals surface area contributed by atoms with Crippen LogP contribution in [0, 0.1) is 0 Å². The normalized spacial score (nSPS) is 10.0. The van der Waals surface area contributed by atoms with E-state index in [1.54, 1.807) is 42.5 Å². The lowest BCUT2D eigenvalue weighted by atomic mass is 10.1. The maximum absolute atomic E-state index is 12.1. The molecule has 0 spiro atoms. The highest BCUT2D eigenvalue weighted by atomic mass is 16.5. The van der Waals surface area contributed by atoms with Gasteiger partial charge in [0, 0.05) is 5.69 Å². The SMILES string of the molecule is CCOc1ccccc1OCC(=O)Nc1ccccc1CC(N)=O. The van der Waals surface area contributed by atoms with Gasteiger partial charge in [0.25, 0.3) is 5.91 Å². The molecule has 0 aliphatic carbocycles. The number of carbonyl (C=O) groups is 2. The first kappa shape index (κ1) is 17.3. The number of anilines is 1. The molecule has 0 heterocycles. The van der Waals surface area contributed by atoms with Crippen LogP contribution in [0.15, 0.2) is 48.5 Å². The van der Waals surface area contributed by atoms with E-state index < -0.39 is 5.91 Å². The standard InChI is InChI=1S/C18H20N2O4/c1-2-23-15-9-5-6-10-16(15)24-12-18(22)20-14-8-4-3-7-13(14)11-17(19)21/h3-10H,2,11-12H2,1H3,(H2,19,21)(H,20,22). The van der Waals surface area contributed by atoms with Crippen molar-refractivity contribution >= 4 is 17.5 Å². The number of nitrogens with one attached hydrogen (secondary N) is 1. The van der Waals surface area contributed by atoms with Crippen LogP contribution in [0.25, 0.3) is 0 Å². The van der Waals surface area contributed by atoms with Gasteiger partial charge in [0.15, 0.2) is 18.1 Å². The van der Waals surface area contributed by atoms with E-state index in [9.17, 15) is 9.59 Å². The summed E-state index contributed by atoms with van der Waals surface area (Å²) < 4.78 is 11.0. The molecule has 24 heavy (non-hydrogen) atoms. The Labute approximate surface area is 140 Å². The summed E-state index contributed by atoms with van der Waals surface area (Å²) in [6, 6.07) is 14.2. The summed E-state index contributed by atoms with van der Waals surface area (Å²) in [5.74, 6) is 0.290. The number of hydrogen-bond acceptors (Lipinski definition) is 4. The fourth-order valence-electron chi connectivity index (χ4n) is 2.16. The number of ether oxygens (including phenoxy) is 2. The third kappa shape index (κ3) is 5.01. The third-order valence-corrected chi connectivity index (χ3v) is 3.16. The fraction of sp³-hybridized carbons (Fsp3) is 0.222. The predicted octanol–water partition coefficient (Wildman–Crippen LogP) is 2.13. The molecule has 0 atom stereocenters. The zero-order valence-electron chi connectivity index (χ0n) is 13.5. The van der Waals surface area contributed by atoms with Gasteiger partial charge in [-0.2, -0.15) is 0 Å². The number of nitrogens with two attached hydrogens (primary N) is 1. The van der Waals surface area contributed by atoms with E-state index in [2.05, 4.69) is 5.32 Å². The molecular formula is C18H20N2O4. The second-order valence-electron chi connectivity index (χ2n) is 5.02. The van der Waals surface area contributed by atoms with E-state index in [0.29, 0.717) is 29.4 Å². The van der Waals surface area contributed by atoms with Gasteiger partial charge in [-0.05, 0) is 30.7 Å². The Morgan fingerprint density at radius 3 is 2.29 bits per heavy atom. The number of carbonyl (C=O) groups excluding carboxylic acids is 2. The van der Waals surface area contributed by atoms with Crippen molar-refractivity contribution in [3.05, 3.63) is 54.1 Å². The van der Waals surface area contributed by atoms with Gasteiger partial charge in [-0.15, -0.1) is 0 Å². The molecule has 2 aromatic rings. The molecule has 2 rings (SSSR count). The minimum atomic E-state index is -0.460. The first-order chi connectivity index (χ1) is 11.6. The number of hydrogen-bond donors (Lipinski definition) is 2. The number of primary amides is 1. The minimum absolute atomic E-state index is 0.0600. The zero-order chi connectivity index (χ0) is 17.4. The molecule has 2 aromatic carbocycles. The average molecular weight is 328 g/mol. The highest BCUT2D eigenvalue weighted by molar-refractivity contribution is 5.93. The molecular weight excluding hydrogens is 308 g/mol. The summed E-state index contributed by atoms with van der Waals surface area (Å²) in [7, 11) is 0. The van der Waals surface area contributed by atoms with Crippen LogP contribution in [0.5, 0.6) is 11.5 Å². The molecule has 126 valence electrons. The molecule has 2 amide bonds. The first-order valence-corrected chi connectivity index (χ1v) is 7.60. The van der Waals surface area contributed by atoms with E-state index in [1.165, 1.54) is 0 Å². The summed E-state index contributed by atoms with van der Waals surface area (Å²) in [5, 5.41) is 2.73. The van der Waals surface area contributed by atoms with Crippen molar-refractivity contribution in [3.63, 3.8) is 0 Å². The lowest BCUT2D eigenvalue weighted by molar-refractivity contribution is -0.118. The summed E-state index contributed by atoms with van der Waals surface area (Å²) in [6.07, 6.45) is 0.0600. The second kappa shape index (κ2) is 8.57. The lowest BCUT2D eigenvalue weighted by Gasteiger charge is -2.13. The number of para-hydroxylation sites is 3. The van der Waals surface area contributed by atoms with E-state index >= 15 is 0 Å². The maximum Gasteiger partial charge on any atom is 0.262 e. The molecule has 3 N–H and O–H groups in total. The zero-order valence-corrected chi connectivity index (χ0v) is 13.5. The summed E-state index contributed by atoms with van der Waals surface area (Å²) in [6.45, 7) is 2.21. The topological polar surface area (TPSA) is 90.7 Å². The van der Waals surface area contributed by atoms with Crippen LogP contribution >= 0.6 is 0 Å². The summed E-state index contributed by atoms with van der Waals surface area (Å²) >= 11 is 0. The van der Waals surface area contributed by atoms with E-state index in [-0.39, 0.29) is 18.9 Å². The Morgan fingerprint density at radius 1 is 1.00 bits per heavy atom. The molecule has 0 radical (unpaired) electrons. The lowest BCUT2D eigenvalue weighted by Crippen LogP contribution is -2.22. The molecule has 0 aliphatic heterocycles. The van der Waals surface area contributed by atoms with Gasteiger partial charge < -0.3 is 20.5 Å². The second-order valence-corrected chi connectivity index (χ2v) is 5.02. The molecule has 6 heteroatoms. The van der Waals surface area contributed by atoms with Gasteiger partial charge >= 0.3 is 0 Å². The molecule has 6 nitrogen and oxygen atoms in total. The molecule has 0 aliphatic rings. The number of benzene rings is 2. The van der Waals surface area contributed by atoms with Crippen LogP contribution in [0.3, 0.4) is 0 Å². The molecule has 0 fully saturated rings. The van der Waals surface area contributed by atoms with Crippen molar-refractivity contribution in [2.75, 3.05) is 18.5 Å². The first-order valence-electron chi connectivity index (χ1n) is 7.60. The monoisotopic (exact) mass is 328 g/mol. The Hall–Kier alpha value is -3.02. The molecule has 0 bridgehead atoms. The molecule has 0 saturated heterocycles. The van der Waals surface area contributed by atoms with Gasteiger partial charge in [-0.3, -0.25) is 9.59 Å². The van der Waals surface area contributed by atoms with Gasteiger partial charge in [0.1, 0.15) is 0 Å². The van der Waals surface area contributed by atoms with Crippen molar-refractivity contribution < 1.29 is 19.1 Å². The molecule has 0 saturated carbocycles. The van der Waals surface area contributed by atoms with Crippen molar-refractivity contribution in [2.45, 2.75) is 13.3 Å². The smallest absolute Gasteiger partial charge is 0.262 e. The number of amides is 2. The minimum Gasteiger partial charge on any atom is -0.490 e. The highest BCUT2D eigenvalue weighted by Gasteiger charge is 2.10. The van der Waals surface area contributed by atoms with Crippen molar-refractivity contribution in [2.24, 2.45) is 5.73 Å². The predicted molar refractivity (Wildman–Crippen MR) is 91.1 cm³/mol. The van der Waals surface area contributed by atoms with Crippen LogP contribution in [0.2, 0.25) is 0 Å². The van der Waals surface area contributed by atoms with Crippen molar-refractivity contribution in [1.82, 2.24) is 0 Å². The van der Waals surface area contributed by atoms with Gasteiger partial charge in [0.2, 0.25) is 5.91 Å². The third-order valence-electron chi connectivity index (χ3n) is 3.16. The van der Waals surface area contributed by atoms with Crippen LogP contribution in [-0.4, -0.2) is 25.0 Å². The van der Waals surface area contributed by atoms with Crippen molar-refractivity contribution in [3.8, 4) is 11.5 Å².